The highest BCUT2D eigenvalue weighted by Gasteiger charge is 2.02. The van der Waals surface area contributed by atoms with Crippen molar-refractivity contribution in [2.45, 2.75) is 6.10 Å². The van der Waals surface area contributed by atoms with E-state index in [2.05, 4.69) is 10.3 Å². The molecule has 0 saturated heterocycles. The molecule has 1 aliphatic rings. The Morgan fingerprint density at radius 3 is 3.00 bits per heavy atom. The summed E-state index contributed by atoms with van der Waals surface area (Å²) in [5.74, 6) is 0. The van der Waals surface area contributed by atoms with Gasteiger partial charge >= 0.3 is 0 Å². The zero-order valence-corrected chi connectivity index (χ0v) is 3.96. The summed E-state index contributed by atoms with van der Waals surface area (Å²) >= 11 is 0. The van der Waals surface area contributed by atoms with Crippen molar-refractivity contribution in [3.05, 3.63) is 0 Å². The number of hydrogen-bond acceptors (Lipinski definition) is 3. The second-order valence-electron chi connectivity index (χ2n) is 1.56. The van der Waals surface area contributed by atoms with Gasteiger partial charge in [-0.3, -0.25) is 4.99 Å². The molecule has 3 heteroatoms. The van der Waals surface area contributed by atoms with Crippen molar-refractivity contribution in [3.8, 4) is 0 Å². The van der Waals surface area contributed by atoms with E-state index in [4.69, 9.17) is 5.11 Å². The summed E-state index contributed by atoms with van der Waals surface area (Å²) in [6, 6.07) is 0. The van der Waals surface area contributed by atoms with E-state index in [9.17, 15) is 0 Å². The maximum Gasteiger partial charge on any atom is 0.0908 e. The van der Waals surface area contributed by atoms with Gasteiger partial charge in [0.25, 0.3) is 0 Å². The number of nitrogens with one attached hydrogen (secondary N) is 1. The Morgan fingerprint density at radius 2 is 2.71 bits per heavy atom. The zero-order chi connectivity index (χ0) is 5.11. The Morgan fingerprint density at radius 1 is 1.86 bits per heavy atom. The van der Waals surface area contributed by atoms with Crippen LogP contribution in [0, 0.1) is 0 Å². The van der Waals surface area contributed by atoms with E-state index in [-0.39, 0.29) is 6.10 Å². The van der Waals surface area contributed by atoms with Gasteiger partial charge < -0.3 is 10.4 Å². The SMILES string of the molecule is OC1CN=CNC1. The summed E-state index contributed by atoms with van der Waals surface area (Å²) in [6.07, 6.45) is 1.34. The van der Waals surface area contributed by atoms with Crippen LogP contribution in [0.2, 0.25) is 0 Å². The zero-order valence-electron chi connectivity index (χ0n) is 3.96. The van der Waals surface area contributed by atoms with Crippen LogP contribution in [-0.4, -0.2) is 30.6 Å². The third kappa shape index (κ3) is 1.16. The maximum absolute atomic E-state index is 8.73. The fraction of sp³-hybridized carbons (Fsp3) is 0.750. The van der Waals surface area contributed by atoms with Crippen LogP contribution in [-0.2, 0) is 0 Å². The van der Waals surface area contributed by atoms with Crippen LogP contribution in [0.15, 0.2) is 4.99 Å². The molecule has 0 aromatic heterocycles. The van der Waals surface area contributed by atoms with E-state index in [0.29, 0.717) is 13.1 Å². The van der Waals surface area contributed by atoms with Crippen molar-refractivity contribution in [2.24, 2.45) is 4.99 Å². The number of aliphatic hydroxyl groups is 1. The summed E-state index contributed by atoms with van der Waals surface area (Å²) in [7, 11) is 0. The van der Waals surface area contributed by atoms with Gasteiger partial charge in [-0.25, -0.2) is 0 Å². The van der Waals surface area contributed by atoms with Gasteiger partial charge in [0.05, 0.1) is 19.0 Å². The van der Waals surface area contributed by atoms with Crippen LogP contribution < -0.4 is 5.32 Å². The van der Waals surface area contributed by atoms with E-state index < -0.39 is 0 Å². The quantitative estimate of drug-likeness (QED) is 0.409. The molecule has 1 aliphatic heterocycles. The van der Waals surface area contributed by atoms with E-state index in [1.54, 1.807) is 6.34 Å². The molecule has 2 N–H and O–H groups in total. The molecule has 1 unspecified atom stereocenters. The second kappa shape index (κ2) is 1.93. The molecule has 0 amide bonds. The van der Waals surface area contributed by atoms with Crippen LogP contribution in [0.25, 0.3) is 0 Å². The number of nitrogens with zero attached hydrogens (tertiary/aromatic N) is 1. The molecule has 0 spiro atoms. The highest BCUT2D eigenvalue weighted by atomic mass is 16.3. The molecule has 0 aliphatic carbocycles. The lowest BCUT2D eigenvalue weighted by molar-refractivity contribution is 0.182. The minimum atomic E-state index is -0.273. The van der Waals surface area contributed by atoms with E-state index >= 15 is 0 Å². The summed E-state index contributed by atoms with van der Waals surface area (Å²) < 4.78 is 0. The van der Waals surface area contributed by atoms with Gasteiger partial charge in [-0.1, -0.05) is 0 Å². The van der Waals surface area contributed by atoms with Crippen molar-refractivity contribution in [1.29, 1.82) is 0 Å². The predicted molar refractivity (Wildman–Crippen MR) is 27.4 cm³/mol. The van der Waals surface area contributed by atoms with Gasteiger partial charge in [0.1, 0.15) is 0 Å². The molecule has 1 heterocycles. The fourth-order valence-corrected chi connectivity index (χ4v) is 0.492. The Labute approximate surface area is 42.1 Å². The van der Waals surface area contributed by atoms with E-state index in [1.165, 1.54) is 0 Å². The molecular weight excluding hydrogens is 92.1 g/mol. The Bertz CT molecular complexity index is 81.8. The van der Waals surface area contributed by atoms with Crippen molar-refractivity contribution >= 4 is 6.34 Å². The molecule has 0 bridgehead atoms. The lowest BCUT2D eigenvalue weighted by Gasteiger charge is -2.10. The first-order chi connectivity index (χ1) is 3.39. The molecule has 3 nitrogen and oxygen atoms in total. The molecule has 0 fully saturated rings. The molecular formula is C4H8N2O. The van der Waals surface area contributed by atoms with Gasteiger partial charge in [-0.2, -0.15) is 0 Å². The molecule has 7 heavy (non-hydrogen) atoms. The van der Waals surface area contributed by atoms with E-state index in [0.717, 1.165) is 0 Å². The topological polar surface area (TPSA) is 44.6 Å². The minimum absolute atomic E-state index is 0.273. The van der Waals surface area contributed by atoms with Crippen molar-refractivity contribution in [1.82, 2.24) is 5.32 Å². The molecule has 1 rings (SSSR count). The molecule has 0 aromatic carbocycles. The fourth-order valence-electron chi connectivity index (χ4n) is 0.492. The first kappa shape index (κ1) is 4.59. The minimum Gasteiger partial charge on any atom is -0.389 e. The number of β-amino-alcohol motifs (C(OH)–C–C–N with tert-alkyl or cyclic N) is 1. The highest BCUT2D eigenvalue weighted by Crippen LogP contribution is 1.83. The average molecular weight is 100 g/mol. The largest absolute Gasteiger partial charge is 0.389 e. The lowest BCUT2D eigenvalue weighted by Crippen LogP contribution is -2.32. The molecule has 40 valence electrons. The normalized spacial score (nSPS) is 29.6. The summed E-state index contributed by atoms with van der Waals surface area (Å²) in [4.78, 5) is 3.77. The Kier molecular flexibility index (Phi) is 1.26. The van der Waals surface area contributed by atoms with Gasteiger partial charge in [0.15, 0.2) is 0 Å². The monoisotopic (exact) mass is 100 g/mol. The van der Waals surface area contributed by atoms with Crippen LogP contribution in [0.4, 0.5) is 0 Å². The third-order valence-corrected chi connectivity index (χ3v) is 0.852. The molecule has 0 radical (unpaired) electrons. The van der Waals surface area contributed by atoms with Crippen LogP contribution in [0.5, 0.6) is 0 Å². The van der Waals surface area contributed by atoms with Crippen molar-refractivity contribution < 1.29 is 5.11 Å². The van der Waals surface area contributed by atoms with Crippen molar-refractivity contribution in [2.75, 3.05) is 13.1 Å². The number of rotatable bonds is 0. The molecule has 0 aromatic rings. The van der Waals surface area contributed by atoms with Gasteiger partial charge in [0, 0.05) is 6.54 Å². The van der Waals surface area contributed by atoms with Crippen LogP contribution in [0.3, 0.4) is 0 Å². The second-order valence-corrected chi connectivity index (χ2v) is 1.56. The van der Waals surface area contributed by atoms with Gasteiger partial charge in [-0.15, -0.1) is 0 Å². The summed E-state index contributed by atoms with van der Waals surface area (Å²) in [5.41, 5.74) is 0. The van der Waals surface area contributed by atoms with Gasteiger partial charge in [0.2, 0.25) is 0 Å². The first-order valence-electron chi connectivity index (χ1n) is 2.29. The highest BCUT2D eigenvalue weighted by molar-refractivity contribution is 5.55. The predicted octanol–water partition coefficient (Wildman–Crippen LogP) is -1.02. The number of hydrogen-bond donors (Lipinski definition) is 2. The van der Waals surface area contributed by atoms with Crippen LogP contribution >= 0.6 is 0 Å². The van der Waals surface area contributed by atoms with Crippen molar-refractivity contribution in [3.63, 3.8) is 0 Å². The first-order valence-corrected chi connectivity index (χ1v) is 2.29. The molecule has 0 saturated carbocycles. The third-order valence-electron chi connectivity index (χ3n) is 0.852. The van der Waals surface area contributed by atoms with E-state index in [1.807, 2.05) is 0 Å². The van der Waals surface area contributed by atoms with Gasteiger partial charge in [-0.05, 0) is 0 Å². The Hall–Kier alpha value is -0.570. The van der Waals surface area contributed by atoms with Crippen LogP contribution in [0.1, 0.15) is 0 Å². The average Bonchev–Trinajstić information content (AvgIpc) is 1.69. The standard InChI is InChI=1S/C4H8N2O/c7-4-1-5-3-6-2-4/h3-4,7H,1-2H2,(H,5,6). The molecule has 1 atom stereocenters. The summed E-state index contributed by atoms with van der Waals surface area (Å²) in [5, 5.41) is 11.5. The number of aliphatic hydroxyl groups excluding tert-OH is 1. The smallest absolute Gasteiger partial charge is 0.0908 e. The lowest BCUT2D eigenvalue weighted by atomic mass is 10.3. The summed E-state index contributed by atoms with van der Waals surface area (Å²) in [6.45, 7) is 1.19. The Balaban J connectivity index is 2.32. The maximum atomic E-state index is 8.73. The number of aliphatic imine (C=N–C) groups is 1.